The SMILES string of the molecule is O=C(NCCc1ccc(O)cc1)Nc1ccccc1[N+](=O)[O-]. The largest absolute Gasteiger partial charge is 0.508 e. The number of phenols is 1. The van der Waals surface area contributed by atoms with Crippen molar-refractivity contribution in [3.05, 3.63) is 64.2 Å². The van der Waals surface area contributed by atoms with Gasteiger partial charge in [0.2, 0.25) is 0 Å². The molecule has 0 aliphatic rings. The van der Waals surface area contributed by atoms with Crippen molar-refractivity contribution in [2.24, 2.45) is 0 Å². The highest BCUT2D eigenvalue weighted by Gasteiger charge is 2.14. The van der Waals surface area contributed by atoms with Crippen LogP contribution in [0.3, 0.4) is 0 Å². The molecule has 0 aliphatic heterocycles. The van der Waals surface area contributed by atoms with Crippen LogP contribution in [0.1, 0.15) is 5.56 Å². The van der Waals surface area contributed by atoms with Gasteiger partial charge in [-0.15, -0.1) is 0 Å². The van der Waals surface area contributed by atoms with Crippen molar-refractivity contribution in [3.63, 3.8) is 0 Å². The summed E-state index contributed by atoms with van der Waals surface area (Å²) < 4.78 is 0. The van der Waals surface area contributed by atoms with Gasteiger partial charge < -0.3 is 15.7 Å². The highest BCUT2D eigenvalue weighted by molar-refractivity contribution is 5.91. The topological polar surface area (TPSA) is 104 Å². The quantitative estimate of drug-likeness (QED) is 0.583. The first-order chi connectivity index (χ1) is 10.6. The molecule has 0 saturated heterocycles. The number of amides is 2. The van der Waals surface area contributed by atoms with Gasteiger partial charge in [-0.2, -0.15) is 0 Å². The molecular weight excluding hydrogens is 286 g/mol. The molecule has 114 valence electrons. The van der Waals surface area contributed by atoms with E-state index >= 15 is 0 Å². The van der Waals surface area contributed by atoms with E-state index in [-0.39, 0.29) is 17.1 Å². The van der Waals surface area contributed by atoms with Gasteiger partial charge in [0.1, 0.15) is 11.4 Å². The minimum Gasteiger partial charge on any atom is -0.508 e. The lowest BCUT2D eigenvalue weighted by molar-refractivity contribution is -0.383. The summed E-state index contributed by atoms with van der Waals surface area (Å²) in [6, 6.07) is 12.1. The third-order valence-corrected chi connectivity index (χ3v) is 2.98. The zero-order chi connectivity index (χ0) is 15.9. The molecule has 3 N–H and O–H groups in total. The van der Waals surface area contributed by atoms with Crippen LogP contribution in [-0.4, -0.2) is 22.6 Å². The van der Waals surface area contributed by atoms with Gasteiger partial charge in [-0.25, -0.2) is 4.79 Å². The lowest BCUT2D eigenvalue weighted by atomic mass is 10.1. The van der Waals surface area contributed by atoms with E-state index in [0.717, 1.165) is 5.56 Å². The molecular formula is C15H15N3O4. The van der Waals surface area contributed by atoms with Crippen LogP contribution in [0.15, 0.2) is 48.5 Å². The molecule has 0 spiro atoms. The van der Waals surface area contributed by atoms with Gasteiger partial charge in [0.25, 0.3) is 5.69 Å². The second-order valence-electron chi connectivity index (χ2n) is 4.57. The van der Waals surface area contributed by atoms with Gasteiger partial charge in [0, 0.05) is 12.6 Å². The fraction of sp³-hybridized carbons (Fsp3) is 0.133. The van der Waals surface area contributed by atoms with E-state index < -0.39 is 11.0 Å². The fourth-order valence-corrected chi connectivity index (χ4v) is 1.89. The monoisotopic (exact) mass is 301 g/mol. The zero-order valence-electron chi connectivity index (χ0n) is 11.7. The van der Waals surface area contributed by atoms with Gasteiger partial charge in [-0.3, -0.25) is 10.1 Å². The molecule has 22 heavy (non-hydrogen) atoms. The minimum absolute atomic E-state index is 0.148. The van der Waals surface area contributed by atoms with Crippen LogP contribution in [0.2, 0.25) is 0 Å². The molecule has 0 heterocycles. The van der Waals surface area contributed by atoms with Crippen molar-refractivity contribution < 1.29 is 14.8 Å². The molecule has 2 rings (SSSR count). The number of nitro benzene ring substituents is 1. The highest BCUT2D eigenvalue weighted by Crippen LogP contribution is 2.22. The van der Waals surface area contributed by atoms with Crippen LogP contribution in [0, 0.1) is 10.1 Å². The number of phenolic OH excluding ortho intramolecular Hbond substituents is 1. The van der Waals surface area contributed by atoms with Gasteiger partial charge in [-0.1, -0.05) is 24.3 Å². The zero-order valence-corrected chi connectivity index (χ0v) is 11.7. The molecule has 0 saturated carbocycles. The number of hydrogen-bond acceptors (Lipinski definition) is 4. The van der Waals surface area contributed by atoms with Gasteiger partial charge >= 0.3 is 6.03 Å². The lowest BCUT2D eigenvalue weighted by Crippen LogP contribution is -2.30. The Morgan fingerprint density at radius 1 is 1.14 bits per heavy atom. The van der Waals surface area contributed by atoms with E-state index in [1.54, 1.807) is 30.3 Å². The second kappa shape index (κ2) is 7.07. The average Bonchev–Trinajstić information content (AvgIpc) is 2.49. The molecule has 0 fully saturated rings. The van der Waals surface area contributed by atoms with Crippen molar-refractivity contribution in [1.82, 2.24) is 5.32 Å². The van der Waals surface area contributed by atoms with Gasteiger partial charge in [0.15, 0.2) is 0 Å². The number of rotatable bonds is 5. The summed E-state index contributed by atoms with van der Waals surface area (Å²) in [7, 11) is 0. The normalized spacial score (nSPS) is 10.0. The summed E-state index contributed by atoms with van der Waals surface area (Å²) in [6.07, 6.45) is 0.588. The summed E-state index contributed by atoms with van der Waals surface area (Å²) >= 11 is 0. The number of carbonyl (C=O) groups excluding carboxylic acids is 1. The lowest BCUT2D eigenvalue weighted by Gasteiger charge is -2.08. The number of nitro groups is 1. The Balaban J connectivity index is 1.86. The molecule has 2 aromatic rings. The molecule has 2 aromatic carbocycles. The number of anilines is 1. The van der Waals surface area contributed by atoms with Crippen LogP contribution in [-0.2, 0) is 6.42 Å². The van der Waals surface area contributed by atoms with Gasteiger partial charge in [0.05, 0.1) is 4.92 Å². The third-order valence-electron chi connectivity index (χ3n) is 2.98. The molecule has 0 unspecified atom stereocenters. The predicted octanol–water partition coefficient (Wildman–Crippen LogP) is 2.66. The van der Waals surface area contributed by atoms with Crippen LogP contribution >= 0.6 is 0 Å². The third kappa shape index (κ3) is 4.20. The van der Waals surface area contributed by atoms with Crippen molar-refractivity contribution >= 4 is 17.4 Å². The van der Waals surface area contributed by atoms with Crippen LogP contribution in [0.4, 0.5) is 16.2 Å². The molecule has 0 bridgehead atoms. The second-order valence-corrected chi connectivity index (χ2v) is 4.57. The summed E-state index contributed by atoms with van der Waals surface area (Å²) in [5, 5.41) is 25.1. The maximum Gasteiger partial charge on any atom is 0.319 e. The number of benzene rings is 2. The predicted molar refractivity (Wildman–Crippen MR) is 81.9 cm³/mol. The number of urea groups is 1. The number of nitrogens with zero attached hydrogens (tertiary/aromatic N) is 1. The van der Waals surface area contributed by atoms with Gasteiger partial charge in [-0.05, 0) is 30.2 Å². The van der Waals surface area contributed by atoms with E-state index in [9.17, 15) is 20.0 Å². The molecule has 0 aliphatic carbocycles. The number of aromatic hydroxyl groups is 1. The number of nitrogens with one attached hydrogen (secondary N) is 2. The average molecular weight is 301 g/mol. The molecule has 0 radical (unpaired) electrons. The number of carbonyl (C=O) groups is 1. The highest BCUT2D eigenvalue weighted by atomic mass is 16.6. The van der Waals surface area contributed by atoms with E-state index in [4.69, 9.17) is 0 Å². The number of hydrogen-bond donors (Lipinski definition) is 3. The Labute approximate surface area is 126 Å². The van der Waals surface area contributed by atoms with Crippen LogP contribution in [0.5, 0.6) is 5.75 Å². The first-order valence-corrected chi connectivity index (χ1v) is 6.62. The molecule has 0 atom stereocenters. The van der Waals surface area contributed by atoms with E-state index in [1.807, 2.05) is 0 Å². The molecule has 7 nitrogen and oxygen atoms in total. The Morgan fingerprint density at radius 2 is 1.82 bits per heavy atom. The Hall–Kier alpha value is -3.09. The molecule has 7 heteroatoms. The Kier molecular flexibility index (Phi) is 4.92. The summed E-state index contributed by atoms with van der Waals surface area (Å²) in [6.45, 7) is 0.372. The summed E-state index contributed by atoms with van der Waals surface area (Å²) in [5.74, 6) is 0.186. The Morgan fingerprint density at radius 3 is 2.50 bits per heavy atom. The minimum atomic E-state index is -0.550. The molecule has 0 aromatic heterocycles. The van der Waals surface area contributed by atoms with E-state index in [1.165, 1.54) is 18.2 Å². The van der Waals surface area contributed by atoms with E-state index in [0.29, 0.717) is 13.0 Å². The smallest absolute Gasteiger partial charge is 0.319 e. The standard InChI is InChI=1S/C15H15N3O4/c19-12-7-5-11(6-8-12)9-10-16-15(20)17-13-3-1-2-4-14(13)18(21)22/h1-8,19H,9-10H2,(H2,16,17,20). The number of para-hydroxylation sites is 2. The summed E-state index contributed by atoms with van der Waals surface area (Å²) in [5.41, 5.74) is 0.953. The first kappa shape index (κ1) is 15.3. The van der Waals surface area contributed by atoms with Crippen molar-refractivity contribution in [2.45, 2.75) is 6.42 Å². The van der Waals surface area contributed by atoms with Crippen LogP contribution < -0.4 is 10.6 Å². The van der Waals surface area contributed by atoms with Crippen LogP contribution in [0.25, 0.3) is 0 Å². The molecule has 2 amide bonds. The Bertz CT molecular complexity index is 671. The summed E-state index contributed by atoms with van der Waals surface area (Å²) in [4.78, 5) is 22.0. The first-order valence-electron chi connectivity index (χ1n) is 6.62. The van der Waals surface area contributed by atoms with E-state index in [2.05, 4.69) is 10.6 Å². The maximum absolute atomic E-state index is 11.7. The van der Waals surface area contributed by atoms with Crippen molar-refractivity contribution in [3.8, 4) is 5.75 Å². The maximum atomic E-state index is 11.7. The van der Waals surface area contributed by atoms with Crippen molar-refractivity contribution in [2.75, 3.05) is 11.9 Å². The van der Waals surface area contributed by atoms with Crippen molar-refractivity contribution in [1.29, 1.82) is 0 Å². The fourth-order valence-electron chi connectivity index (χ4n) is 1.89.